The number of hydrogen-bond acceptors (Lipinski definition) is 3. The summed E-state index contributed by atoms with van der Waals surface area (Å²) in [6, 6.07) is 19.3. The van der Waals surface area contributed by atoms with Gasteiger partial charge < -0.3 is 5.32 Å². The van der Waals surface area contributed by atoms with Crippen LogP contribution in [0.3, 0.4) is 0 Å². The summed E-state index contributed by atoms with van der Waals surface area (Å²) >= 11 is 5.89. The predicted molar refractivity (Wildman–Crippen MR) is 82.2 cm³/mol. The molecule has 98 valence electrons. The Morgan fingerprint density at radius 1 is 0.850 bits per heavy atom. The maximum absolute atomic E-state index is 5.89. The molecule has 0 fully saturated rings. The monoisotopic (exact) mass is 281 g/mol. The summed E-state index contributed by atoms with van der Waals surface area (Å²) in [6.45, 7) is 0. The van der Waals surface area contributed by atoms with E-state index in [9.17, 15) is 0 Å². The molecule has 1 heterocycles. The molecule has 0 unspecified atom stereocenters. The highest BCUT2D eigenvalue weighted by atomic mass is 35.5. The van der Waals surface area contributed by atoms with Gasteiger partial charge in [0.2, 0.25) is 5.95 Å². The second-order valence-electron chi connectivity index (χ2n) is 4.26. The van der Waals surface area contributed by atoms with Crippen molar-refractivity contribution in [2.45, 2.75) is 0 Å². The molecule has 0 aliphatic carbocycles. The summed E-state index contributed by atoms with van der Waals surface area (Å²) in [6.07, 6.45) is 1.74. The van der Waals surface area contributed by atoms with Gasteiger partial charge in [-0.05, 0) is 30.3 Å². The first-order chi connectivity index (χ1) is 9.81. The van der Waals surface area contributed by atoms with Crippen LogP contribution in [0.4, 0.5) is 11.6 Å². The zero-order valence-corrected chi connectivity index (χ0v) is 11.4. The van der Waals surface area contributed by atoms with E-state index in [1.807, 2.05) is 60.7 Å². The van der Waals surface area contributed by atoms with E-state index in [2.05, 4.69) is 15.3 Å². The molecule has 0 aliphatic heterocycles. The maximum atomic E-state index is 5.89. The average Bonchev–Trinajstić information content (AvgIpc) is 2.49. The van der Waals surface area contributed by atoms with Crippen molar-refractivity contribution in [3.05, 3.63) is 71.9 Å². The van der Waals surface area contributed by atoms with Crippen molar-refractivity contribution in [3.63, 3.8) is 0 Å². The van der Waals surface area contributed by atoms with Crippen molar-refractivity contribution in [2.75, 3.05) is 5.32 Å². The van der Waals surface area contributed by atoms with Gasteiger partial charge in [-0.3, -0.25) is 0 Å². The molecule has 1 N–H and O–H groups in total. The minimum absolute atomic E-state index is 0.573. The third-order valence-corrected chi connectivity index (χ3v) is 3.08. The summed E-state index contributed by atoms with van der Waals surface area (Å²) in [5.74, 6) is 0.573. The zero-order chi connectivity index (χ0) is 13.8. The molecule has 0 amide bonds. The minimum Gasteiger partial charge on any atom is -0.324 e. The van der Waals surface area contributed by atoms with Crippen molar-refractivity contribution < 1.29 is 0 Å². The van der Waals surface area contributed by atoms with Crippen LogP contribution in [0, 0.1) is 0 Å². The molecule has 0 saturated heterocycles. The molecule has 3 nitrogen and oxygen atoms in total. The number of para-hydroxylation sites is 1. The van der Waals surface area contributed by atoms with Gasteiger partial charge in [-0.2, -0.15) is 0 Å². The van der Waals surface area contributed by atoms with Crippen LogP contribution in [0.5, 0.6) is 0 Å². The fraction of sp³-hybridized carbons (Fsp3) is 0. The van der Waals surface area contributed by atoms with Gasteiger partial charge >= 0.3 is 0 Å². The Labute approximate surface area is 122 Å². The van der Waals surface area contributed by atoms with Crippen LogP contribution in [-0.2, 0) is 0 Å². The molecular weight excluding hydrogens is 270 g/mol. The average molecular weight is 282 g/mol. The molecule has 3 aromatic rings. The molecule has 0 aliphatic rings. The van der Waals surface area contributed by atoms with E-state index >= 15 is 0 Å². The van der Waals surface area contributed by atoms with Crippen LogP contribution in [0.25, 0.3) is 11.3 Å². The van der Waals surface area contributed by atoms with Gasteiger partial charge in [-0.15, -0.1) is 0 Å². The van der Waals surface area contributed by atoms with Crippen molar-refractivity contribution in [1.29, 1.82) is 0 Å². The Morgan fingerprint density at radius 2 is 1.60 bits per heavy atom. The highest BCUT2D eigenvalue weighted by Gasteiger charge is 2.02. The van der Waals surface area contributed by atoms with E-state index < -0.39 is 0 Å². The standard InChI is InChI=1S/C16H12ClN3/c17-13-8-6-12(7-9-13)15-10-11-18-16(20-15)19-14-4-2-1-3-5-14/h1-11H,(H,18,19,20). The number of halogens is 1. The third-order valence-electron chi connectivity index (χ3n) is 2.83. The second-order valence-corrected chi connectivity index (χ2v) is 4.70. The van der Waals surface area contributed by atoms with Gasteiger partial charge in [0.25, 0.3) is 0 Å². The minimum atomic E-state index is 0.573. The topological polar surface area (TPSA) is 37.8 Å². The summed E-state index contributed by atoms with van der Waals surface area (Å²) in [5, 5.41) is 3.89. The van der Waals surface area contributed by atoms with Crippen LogP contribution in [0.1, 0.15) is 0 Å². The van der Waals surface area contributed by atoms with E-state index in [0.717, 1.165) is 16.9 Å². The van der Waals surface area contributed by atoms with E-state index in [1.165, 1.54) is 0 Å². The lowest BCUT2D eigenvalue weighted by molar-refractivity contribution is 1.17. The Hall–Kier alpha value is -2.39. The van der Waals surface area contributed by atoms with Crippen molar-refractivity contribution >= 4 is 23.2 Å². The molecule has 2 aromatic carbocycles. The smallest absolute Gasteiger partial charge is 0.227 e. The van der Waals surface area contributed by atoms with E-state index in [0.29, 0.717) is 11.0 Å². The van der Waals surface area contributed by atoms with Crippen LogP contribution in [0.2, 0.25) is 5.02 Å². The molecule has 0 saturated carbocycles. The van der Waals surface area contributed by atoms with Gasteiger partial charge in [-0.1, -0.05) is 41.9 Å². The quantitative estimate of drug-likeness (QED) is 0.766. The highest BCUT2D eigenvalue weighted by Crippen LogP contribution is 2.21. The fourth-order valence-electron chi connectivity index (χ4n) is 1.85. The van der Waals surface area contributed by atoms with E-state index in [4.69, 9.17) is 11.6 Å². The van der Waals surface area contributed by atoms with Gasteiger partial charge in [0.05, 0.1) is 5.69 Å². The summed E-state index contributed by atoms with van der Waals surface area (Å²) in [4.78, 5) is 8.73. The number of nitrogens with zero attached hydrogens (tertiary/aromatic N) is 2. The first-order valence-corrected chi connectivity index (χ1v) is 6.60. The molecule has 3 rings (SSSR count). The Balaban J connectivity index is 1.88. The molecule has 0 radical (unpaired) electrons. The first-order valence-electron chi connectivity index (χ1n) is 6.22. The van der Waals surface area contributed by atoms with Gasteiger partial charge in [-0.25, -0.2) is 9.97 Å². The molecule has 0 atom stereocenters. The molecule has 0 bridgehead atoms. The normalized spacial score (nSPS) is 10.2. The lowest BCUT2D eigenvalue weighted by Crippen LogP contribution is -1.97. The Morgan fingerprint density at radius 3 is 2.35 bits per heavy atom. The van der Waals surface area contributed by atoms with Gasteiger partial charge in [0.15, 0.2) is 0 Å². The number of benzene rings is 2. The summed E-state index contributed by atoms with van der Waals surface area (Å²) in [7, 11) is 0. The maximum Gasteiger partial charge on any atom is 0.227 e. The van der Waals surface area contributed by atoms with Crippen LogP contribution >= 0.6 is 11.6 Å². The lowest BCUT2D eigenvalue weighted by atomic mass is 10.1. The third kappa shape index (κ3) is 2.95. The number of nitrogens with one attached hydrogen (secondary N) is 1. The largest absolute Gasteiger partial charge is 0.324 e. The number of aromatic nitrogens is 2. The first kappa shape index (κ1) is 12.6. The molecular formula is C16H12ClN3. The molecule has 1 aromatic heterocycles. The summed E-state index contributed by atoms with van der Waals surface area (Å²) < 4.78 is 0. The highest BCUT2D eigenvalue weighted by molar-refractivity contribution is 6.30. The van der Waals surface area contributed by atoms with Crippen molar-refractivity contribution in [1.82, 2.24) is 9.97 Å². The van der Waals surface area contributed by atoms with Gasteiger partial charge in [0.1, 0.15) is 0 Å². The van der Waals surface area contributed by atoms with E-state index in [-0.39, 0.29) is 0 Å². The van der Waals surface area contributed by atoms with Gasteiger partial charge in [0, 0.05) is 22.5 Å². The molecule has 20 heavy (non-hydrogen) atoms. The molecule has 4 heteroatoms. The van der Waals surface area contributed by atoms with Crippen molar-refractivity contribution in [3.8, 4) is 11.3 Å². The Bertz CT molecular complexity index is 696. The number of anilines is 2. The van der Waals surface area contributed by atoms with Crippen LogP contribution < -0.4 is 5.32 Å². The van der Waals surface area contributed by atoms with Crippen LogP contribution in [-0.4, -0.2) is 9.97 Å². The second kappa shape index (κ2) is 5.72. The number of rotatable bonds is 3. The Kier molecular flexibility index (Phi) is 3.61. The molecule has 0 spiro atoms. The zero-order valence-electron chi connectivity index (χ0n) is 10.6. The van der Waals surface area contributed by atoms with Crippen LogP contribution in [0.15, 0.2) is 66.9 Å². The fourth-order valence-corrected chi connectivity index (χ4v) is 1.98. The van der Waals surface area contributed by atoms with Crippen molar-refractivity contribution in [2.24, 2.45) is 0 Å². The summed E-state index contributed by atoms with van der Waals surface area (Å²) in [5.41, 5.74) is 2.82. The predicted octanol–water partition coefficient (Wildman–Crippen LogP) is 4.54. The van der Waals surface area contributed by atoms with E-state index in [1.54, 1.807) is 6.20 Å². The lowest BCUT2D eigenvalue weighted by Gasteiger charge is -2.06. The number of hydrogen-bond donors (Lipinski definition) is 1. The SMILES string of the molecule is Clc1ccc(-c2ccnc(Nc3ccccc3)n2)cc1.